The molecule has 0 fully saturated rings. The molecule has 3 rings (SSSR count). The third-order valence-corrected chi connectivity index (χ3v) is 3.42. The van der Waals surface area contributed by atoms with Gasteiger partial charge in [0.05, 0.1) is 11.0 Å². The van der Waals surface area contributed by atoms with Gasteiger partial charge in [-0.05, 0) is 12.0 Å². The Hall–Kier alpha value is -2.10. The number of para-hydroxylation sites is 1. The van der Waals surface area contributed by atoms with Gasteiger partial charge < -0.3 is 10.3 Å². The van der Waals surface area contributed by atoms with Crippen molar-refractivity contribution in [1.29, 1.82) is 0 Å². The van der Waals surface area contributed by atoms with E-state index in [1.54, 1.807) is 0 Å². The second-order valence-electron chi connectivity index (χ2n) is 5.40. The van der Waals surface area contributed by atoms with Crippen LogP contribution in [0.1, 0.15) is 19.7 Å². The summed E-state index contributed by atoms with van der Waals surface area (Å²) in [6.45, 7) is 4.39. The summed E-state index contributed by atoms with van der Waals surface area (Å²) in [5, 5.41) is 1.11. The summed E-state index contributed by atoms with van der Waals surface area (Å²) < 4.78 is 2.15. The highest BCUT2D eigenvalue weighted by Gasteiger charge is 2.15. The number of aryl methyl sites for hydroxylation is 1. The van der Waals surface area contributed by atoms with Crippen molar-refractivity contribution in [3.63, 3.8) is 0 Å². The molecule has 0 aliphatic carbocycles. The van der Waals surface area contributed by atoms with Crippen LogP contribution in [0.25, 0.3) is 21.9 Å². The predicted molar refractivity (Wildman–Crippen MR) is 79.0 cm³/mol. The van der Waals surface area contributed by atoms with Gasteiger partial charge in [-0.25, -0.2) is 9.97 Å². The monoisotopic (exact) mass is 254 g/mol. The van der Waals surface area contributed by atoms with Gasteiger partial charge in [-0.1, -0.05) is 32.0 Å². The molecule has 0 saturated heterocycles. The van der Waals surface area contributed by atoms with Gasteiger partial charge in [-0.2, -0.15) is 0 Å². The summed E-state index contributed by atoms with van der Waals surface area (Å²) in [6, 6.07) is 8.06. The van der Waals surface area contributed by atoms with E-state index in [1.807, 2.05) is 18.2 Å². The molecule has 2 aromatic heterocycles. The van der Waals surface area contributed by atoms with Crippen LogP contribution in [0.4, 0.5) is 5.82 Å². The molecular formula is C15H18N4. The van der Waals surface area contributed by atoms with Crippen LogP contribution in [0.5, 0.6) is 0 Å². The van der Waals surface area contributed by atoms with Crippen LogP contribution in [-0.2, 0) is 13.5 Å². The zero-order valence-electron chi connectivity index (χ0n) is 11.5. The van der Waals surface area contributed by atoms with E-state index in [0.717, 1.165) is 34.2 Å². The van der Waals surface area contributed by atoms with Gasteiger partial charge in [0.25, 0.3) is 0 Å². The zero-order valence-corrected chi connectivity index (χ0v) is 11.5. The number of nitrogen functional groups attached to an aromatic ring is 1. The summed E-state index contributed by atoms with van der Waals surface area (Å²) in [5.41, 5.74) is 8.87. The number of aromatic nitrogens is 3. The van der Waals surface area contributed by atoms with Gasteiger partial charge in [-0.15, -0.1) is 0 Å². The van der Waals surface area contributed by atoms with Crippen molar-refractivity contribution in [3.8, 4) is 0 Å². The summed E-state index contributed by atoms with van der Waals surface area (Å²) in [6.07, 6.45) is 0.943. The molecule has 0 bridgehead atoms. The molecule has 3 aromatic rings. The van der Waals surface area contributed by atoms with Crippen molar-refractivity contribution in [2.75, 3.05) is 5.73 Å². The highest BCUT2D eigenvalue weighted by molar-refractivity contribution is 6.06. The molecule has 0 aliphatic rings. The number of benzene rings is 1. The molecule has 98 valence electrons. The Balaban J connectivity index is 2.39. The molecule has 4 nitrogen and oxygen atoms in total. The molecule has 0 amide bonds. The van der Waals surface area contributed by atoms with Gasteiger partial charge in [0.1, 0.15) is 11.3 Å². The minimum absolute atomic E-state index is 0.513. The zero-order chi connectivity index (χ0) is 13.6. The highest BCUT2D eigenvalue weighted by Crippen LogP contribution is 2.28. The Morgan fingerprint density at radius 1 is 1.21 bits per heavy atom. The second kappa shape index (κ2) is 4.23. The van der Waals surface area contributed by atoms with Crippen molar-refractivity contribution in [2.24, 2.45) is 13.0 Å². The van der Waals surface area contributed by atoms with E-state index < -0.39 is 0 Å². The summed E-state index contributed by atoms with van der Waals surface area (Å²) >= 11 is 0. The molecule has 0 aliphatic heterocycles. The maximum Gasteiger partial charge on any atom is 0.152 e. The summed E-state index contributed by atoms with van der Waals surface area (Å²) in [5.74, 6) is 2.14. The van der Waals surface area contributed by atoms with Crippen LogP contribution >= 0.6 is 0 Å². The first-order chi connectivity index (χ1) is 9.08. The molecule has 0 spiro atoms. The quantitative estimate of drug-likeness (QED) is 0.765. The molecule has 1 aromatic carbocycles. The summed E-state index contributed by atoms with van der Waals surface area (Å²) in [4.78, 5) is 9.12. The van der Waals surface area contributed by atoms with Gasteiger partial charge >= 0.3 is 0 Å². The normalized spacial score (nSPS) is 11.8. The van der Waals surface area contributed by atoms with Gasteiger partial charge in [0.15, 0.2) is 5.82 Å². The maximum absolute atomic E-state index is 6.05. The number of nitrogens with two attached hydrogens (primary N) is 1. The fourth-order valence-corrected chi connectivity index (χ4v) is 2.53. The smallest absolute Gasteiger partial charge is 0.152 e. The molecule has 19 heavy (non-hydrogen) atoms. The highest BCUT2D eigenvalue weighted by atomic mass is 15.1. The number of fused-ring (bicyclic) bond motifs is 3. The van der Waals surface area contributed by atoms with E-state index in [0.29, 0.717) is 11.7 Å². The van der Waals surface area contributed by atoms with Crippen molar-refractivity contribution in [3.05, 3.63) is 30.1 Å². The average Bonchev–Trinajstić information content (AvgIpc) is 2.68. The molecule has 0 radical (unpaired) electrons. The number of nitrogens with zero attached hydrogens (tertiary/aromatic N) is 3. The Kier molecular flexibility index (Phi) is 2.66. The van der Waals surface area contributed by atoms with Gasteiger partial charge in [0.2, 0.25) is 0 Å². The minimum atomic E-state index is 0.513. The van der Waals surface area contributed by atoms with Crippen molar-refractivity contribution in [1.82, 2.24) is 14.5 Å². The Bertz CT molecular complexity index is 756. The van der Waals surface area contributed by atoms with Crippen LogP contribution < -0.4 is 5.73 Å². The SMILES string of the molecule is CC(C)Cc1nc2c(N)nc3ccccc3c2n1C. The van der Waals surface area contributed by atoms with Crippen LogP contribution in [0, 0.1) is 5.92 Å². The van der Waals surface area contributed by atoms with E-state index in [4.69, 9.17) is 5.73 Å². The molecule has 0 saturated carbocycles. The summed E-state index contributed by atoms with van der Waals surface area (Å²) in [7, 11) is 2.05. The van der Waals surface area contributed by atoms with Crippen LogP contribution in [-0.4, -0.2) is 14.5 Å². The van der Waals surface area contributed by atoms with Gasteiger partial charge in [0, 0.05) is 18.9 Å². The molecule has 0 atom stereocenters. The maximum atomic E-state index is 6.05. The Morgan fingerprint density at radius 2 is 1.95 bits per heavy atom. The number of anilines is 1. The molecule has 2 heterocycles. The molecule has 2 N–H and O–H groups in total. The molecule has 0 unspecified atom stereocenters. The van der Waals surface area contributed by atoms with Crippen molar-refractivity contribution in [2.45, 2.75) is 20.3 Å². The Morgan fingerprint density at radius 3 is 2.68 bits per heavy atom. The lowest BCUT2D eigenvalue weighted by atomic mass is 10.1. The number of rotatable bonds is 2. The van der Waals surface area contributed by atoms with E-state index in [1.165, 1.54) is 0 Å². The average molecular weight is 254 g/mol. The van der Waals surface area contributed by atoms with Gasteiger partial charge in [-0.3, -0.25) is 0 Å². The van der Waals surface area contributed by atoms with E-state index in [-0.39, 0.29) is 0 Å². The third kappa shape index (κ3) is 1.84. The largest absolute Gasteiger partial charge is 0.382 e. The lowest BCUT2D eigenvalue weighted by Crippen LogP contribution is -2.02. The van der Waals surface area contributed by atoms with E-state index in [2.05, 4.69) is 41.5 Å². The lowest BCUT2D eigenvalue weighted by molar-refractivity contribution is 0.606. The van der Waals surface area contributed by atoms with Crippen LogP contribution in [0.3, 0.4) is 0 Å². The fraction of sp³-hybridized carbons (Fsp3) is 0.333. The number of hydrogen-bond acceptors (Lipinski definition) is 3. The molecule has 4 heteroatoms. The number of imidazole rings is 1. The first kappa shape index (κ1) is 12.0. The lowest BCUT2D eigenvalue weighted by Gasteiger charge is -2.06. The Labute approximate surface area is 112 Å². The van der Waals surface area contributed by atoms with Crippen molar-refractivity contribution >= 4 is 27.8 Å². The van der Waals surface area contributed by atoms with Crippen molar-refractivity contribution < 1.29 is 0 Å². The topological polar surface area (TPSA) is 56.7 Å². The van der Waals surface area contributed by atoms with Crippen LogP contribution in [0.2, 0.25) is 0 Å². The fourth-order valence-electron chi connectivity index (χ4n) is 2.53. The van der Waals surface area contributed by atoms with Crippen LogP contribution in [0.15, 0.2) is 24.3 Å². The second-order valence-corrected chi connectivity index (χ2v) is 5.40. The predicted octanol–water partition coefficient (Wildman–Crippen LogP) is 2.90. The number of hydrogen-bond donors (Lipinski definition) is 1. The van der Waals surface area contributed by atoms with E-state index in [9.17, 15) is 0 Å². The first-order valence-corrected chi connectivity index (χ1v) is 6.57. The molecular weight excluding hydrogens is 236 g/mol. The standard InChI is InChI=1S/C15H18N4/c1-9(2)8-12-18-13-14(19(12)3)10-6-4-5-7-11(10)17-15(13)16/h4-7,9H,8H2,1-3H3,(H2,16,17). The van der Waals surface area contributed by atoms with E-state index >= 15 is 0 Å². The first-order valence-electron chi connectivity index (χ1n) is 6.57. The third-order valence-electron chi connectivity index (χ3n) is 3.42. The minimum Gasteiger partial charge on any atom is -0.382 e. The number of pyridine rings is 1.